The van der Waals surface area contributed by atoms with Gasteiger partial charge in [-0.05, 0) is 30.5 Å². The lowest BCUT2D eigenvalue weighted by molar-refractivity contribution is -0.120. The average Bonchev–Trinajstić information content (AvgIpc) is 2.30. The van der Waals surface area contributed by atoms with E-state index in [9.17, 15) is 9.18 Å². The van der Waals surface area contributed by atoms with E-state index in [1.807, 2.05) is 0 Å². The number of carbonyl (C=O) groups is 1. The number of benzene rings is 1. The molecular formula is C14H19FN2O2. The minimum Gasteiger partial charge on any atom is -0.397 e. The van der Waals surface area contributed by atoms with Gasteiger partial charge < -0.3 is 15.8 Å². The van der Waals surface area contributed by atoms with E-state index in [1.165, 1.54) is 37.5 Å². The summed E-state index contributed by atoms with van der Waals surface area (Å²) >= 11 is 0. The molecule has 104 valence electrons. The molecule has 5 heteroatoms. The molecule has 0 atom stereocenters. The highest BCUT2D eigenvalue weighted by atomic mass is 19.1. The van der Waals surface area contributed by atoms with E-state index < -0.39 is 5.82 Å². The number of carbonyl (C=O) groups excluding carboxylic acids is 1. The molecule has 1 saturated carbocycles. The molecule has 1 aliphatic rings. The molecule has 1 aromatic carbocycles. The third-order valence-electron chi connectivity index (χ3n) is 3.42. The number of amides is 1. The Balaban J connectivity index is 1.68. The molecule has 1 fully saturated rings. The van der Waals surface area contributed by atoms with Crippen molar-refractivity contribution in [2.24, 2.45) is 5.92 Å². The fourth-order valence-corrected chi connectivity index (χ4v) is 2.03. The van der Waals surface area contributed by atoms with Gasteiger partial charge >= 0.3 is 0 Å². The zero-order valence-corrected chi connectivity index (χ0v) is 10.8. The fourth-order valence-electron chi connectivity index (χ4n) is 2.03. The molecule has 3 N–H and O–H groups in total. The molecule has 0 bridgehead atoms. The molecule has 1 aliphatic carbocycles. The summed E-state index contributed by atoms with van der Waals surface area (Å²) in [6.07, 6.45) is 4.89. The summed E-state index contributed by atoms with van der Waals surface area (Å²) in [5, 5.41) is 2.60. The van der Waals surface area contributed by atoms with Gasteiger partial charge in [-0.2, -0.15) is 0 Å². The fraction of sp³-hybridized carbons (Fsp3) is 0.500. The van der Waals surface area contributed by atoms with Gasteiger partial charge in [-0.3, -0.25) is 4.79 Å². The van der Waals surface area contributed by atoms with Crippen LogP contribution in [-0.4, -0.2) is 19.1 Å². The van der Waals surface area contributed by atoms with Crippen LogP contribution >= 0.6 is 0 Å². The summed E-state index contributed by atoms with van der Waals surface area (Å²) in [7, 11) is 0. The maximum atomic E-state index is 12.8. The number of nitrogens with two attached hydrogens (primary N) is 1. The van der Waals surface area contributed by atoms with Crippen molar-refractivity contribution in [1.29, 1.82) is 0 Å². The average molecular weight is 266 g/mol. The molecule has 0 unspecified atom stereocenters. The lowest BCUT2D eigenvalue weighted by Crippen LogP contribution is -2.21. The van der Waals surface area contributed by atoms with Crippen LogP contribution in [0, 0.1) is 11.7 Å². The van der Waals surface area contributed by atoms with Crippen molar-refractivity contribution in [3.8, 4) is 0 Å². The van der Waals surface area contributed by atoms with Crippen LogP contribution in [0.1, 0.15) is 25.7 Å². The van der Waals surface area contributed by atoms with Gasteiger partial charge in [-0.25, -0.2) is 4.39 Å². The van der Waals surface area contributed by atoms with Gasteiger partial charge in [-0.1, -0.05) is 19.3 Å². The van der Waals surface area contributed by atoms with Gasteiger partial charge in [0, 0.05) is 6.61 Å². The number of rotatable bonds is 6. The highest BCUT2D eigenvalue weighted by Crippen LogP contribution is 2.29. The van der Waals surface area contributed by atoms with Crippen LogP contribution in [0.5, 0.6) is 0 Å². The highest BCUT2D eigenvalue weighted by molar-refractivity contribution is 5.94. The Morgan fingerprint density at radius 2 is 2.26 bits per heavy atom. The van der Waals surface area contributed by atoms with Gasteiger partial charge in [0.25, 0.3) is 0 Å². The topological polar surface area (TPSA) is 64.3 Å². The van der Waals surface area contributed by atoms with Gasteiger partial charge in [0.15, 0.2) is 0 Å². The SMILES string of the molecule is Nc1cc(F)ccc1NC(=O)COCCC1CCC1. The largest absolute Gasteiger partial charge is 0.397 e. The Hall–Kier alpha value is -1.62. The number of nitrogen functional groups attached to an aromatic ring is 1. The standard InChI is InChI=1S/C14H19FN2O2/c15-11-4-5-13(12(16)8-11)17-14(18)9-19-7-6-10-2-1-3-10/h4-5,8,10H,1-3,6-7,9,16H2,(H,17,18). The first-order chi connectivity index (χ1) is 9.15. The summed E-state index contributed by atoms with van der Waals surface area (Å²) in [6.45, 7) is 0.612. The Kier molecular flexibility index (Phi) is 4.74. The maximum absolute atomic E-state index is 12.8. The van der Waals surface area contributed by atoms with Crippen molar-refractivity contribution >= 4 is 17.3 Å². The molecule has 0 saturated heterocycles. The van der Waals surface area contributed by atoms with E-state index in [4.69, 9.17) is 10.5 Å². The van der Waals surface area contributed by atoms with Crippen LogP contribution in [0.4, 0.5) is 15.8 Å². The van der Waals surface area contributed by atoms with E-state index in [1.54, 1.807) is 0 Å². The molecular weight excluding hydrogens is 247 g/mol. The van der Waals surface area contributed by atoms with Gasteiger partial charge in [0.05, 0.1) is 11.4 Å². The second-order valence-electron chi connectivity index (χ2n) is 4.92. The minimum absolute atomic E-state index is 0.00351. The molecule has 0 heterocycles. The van der Waals surface area contributed by atoms with Crippen molar-refractivity contribution < 1.29 is 13.9 Å². The van der Waals surface area contributed by atoms with Crippen LogP contribution in [0.25, 0.3) is 0 Å². The van der Waals surface area contributed by atoms with Crippen molar-refractivity contribution in [2.75, 3.05) is 24.3 Å². The molecule has 0 radical (unpaired) electrons. The minimum atomic E-state index is -0.424. The number of hydrogen-bond acceptors (Lipinski definition) is 3. The zero-order valence-electron chi connectivity index (χ0n) is 10.8. The maximum Gasteiger partial charge on any atom is 0.250 e. The van der Waals surface area contributed by atoms with Gasteiger partial charge in [-0.15, -0.1) is 0 Å². The Bertz CT molecular complexity index is 447. The Morgan fingerprint density at radius 3 is 2.89 bits per heavy atom. The van der Waals surface area contributed by atoms with Crippen LogP contribution in [0.15, 0.2) is 18.2 Å². The molecule has 1 amide bonds. The van der Waals surface area contributed by atoms with Gasteiger partial charge in [0.2, 0.25) is 5.91 Å². The van der Waals surface area contributed by atoms with Crippen molar-refractivity contribution in [1.82, 2.24) is 0 Å². The third kappa shape index (κ3) is 4.21. The summed E-state index contributed by atoms with van der Waals surface area (Å²) in [6, 6.07) is 3.87. The summed E-state index contributed by atoms with van der Waals surface area (Å²) in [5.41, 5.74) is 6.22. The second kappa shape index (κ2) is 6.52. The monoisotopic (exact) mass is 266 g/mol. The molecule has 0 aliphatic heterocycles. The van der Waals surface area contributed by atoms with E-state index >= 15 is 0 Å². The van der Waals surface area contributed by atoms with E-state index in [-0.39, 0.29) is 18.2 Å². The molecule has 2 rings (SSSR count). The number of nitrogens with one attached hydrogen (secondary N) is 1. The third-order valence-corrected chi connectivity index (χ3v) is 3.42. The predicted molar refractivity (Wildman–Crippen MR) is 72.2 cm³/mol. The first kappa shape index (κ1) is 13.8. The molecule has 19 heavy (non-hydrogen) atoms. The number of halogens is 1. The first-order valence-corrected chi connectivity index (χ1v) is 6.58. The first-order valence-electron chi connectivity index (χ1n) is 6.58. The van der Waals surface area contributed by atoms with Crippen molar-refractivity contribution in [2.45, 2.75) is 25.7 Å². The molecule has 0 spiro atoms. The lowest BCUT2D eigenvalue weighted by Gasteiger charge is -2.24. The van der Waals surface area contributed by atoms with Crippen LogP contribution in [0.2, 0.25) is 0 Å². The van der Waals surface area contributed by atoms with E-state index in [0.29, 0.717) is 12.3 Å². The van der Waals surface area contributed by atoms with Crippen molar-refractivity contribution in [3.63, 3.8) is 0 Å². The van der Waals surface area contributed by atoms with Crippen LogP contribution < -0.4 is 11.1 Å². The summed E-state index contributed by atoms with van der Waals surface area (Å²) in [4.78, 5) is 11.6. The lowest BCUT2D eigenvalue weighted by atomic mass is 9.83. The molecule has 0 aromatic heterocycles. The van der Waals surface area contributed by atoms with E-state index in [2.05, 4.69) is 5.32 Å². The normalized spacial score (nSPS) is 15.0. The zero-order chi connectivity index (χ0) is 13.7. The number of ether oxygens (including phenoxy) is 1. The second-order valence-corrected chi connectivity index (χ2v) is 4.92. The van der Waals surface area contributed by atoms with Gasteiger partial charge in [0.1, 0.15) is 12.4 Å². The Morgan fingerprint density at radius 1 is 1.47 bits per heavy atom. The number of anilines is 2. The van der Waals surface area contributed by atoms with Crippen LogP contribution in [-0.2, 0) is 9.53 Å². The van der Waals surface area contributed by atoms with Crippen LogP contribution in [0.3, 0.4) is 0 Å². The predicted octanol–water partition coefficient (Wildman–Crippen LogP) is 2.55. The smallest absolute Gasteiger partial charge is 0.250 e. The van der Waals surface area contributed by atoms with Crippen molar-refractivity contribution in [3.05, 3.63) is 24.0 Å². The molecule has 1 aromatic rings. The Labute approximate surface area is 112 Å². The number of hydrogen-bond donors (Lipinski definition) is 2. The summed E-state index contributed by atoms with van der Waals surface area (Å²) < 4.78 is 18.1. The van der Waals surface area contributed by atoms with E-state index in [0.717, 1.165) is 12.3 Å². The highest BCUT2D eigenvalue weighted by Gasteiger charge is 2.16. The quantitative estimate of drug-likeness (QED) is 0.614. The summed E-state index contributed by atoms with van der Waals surface area (Å²) in [5.74, 6) is 0.0787. The molecule has 4 nitrogen and oxygen atoms in total.